The Balaban J connectivity index is 1.31. The minimum absolute atomic E-state index is 0.0294. The maximum atomic E-state index is 13.2. The Morgan fingerprint density at radius 1 is 0.938 bits per heavy atom. The molecule has 0 unspecified atom stereocenters. The molecule has 1 fully saturated rings. The van der Waals surface area contributed by atoms with E-state index < -0.39 is 33.5 Å². The number of para-hydroxylation sites is 3. The van der Waals surface area contributed by atoms with Crippen LogP contribution >= 0.6 is 0 Å². The number of sulfonamides is 1. The van der Waals surface area contributed by atoms with Gasteiger partial charge in [0, 0.05) is 37.7 Å². The Labute approximate surface area is 282 Å². The largest absolute Gasteiger partial charge is 0.455 e. The van der Waals surface area contributed by atoms with Crippen LogP contribution in [0.2, 0.25) is 0 Å². The number of nitrogens with one attached hydrogen (secondary N) is 3. The second kappa shape index (κ2) is 16.5. The van der Waals surface area contributed by atoms with Gasteiger partial charge in [0.05, 0.1) is 10.6 Å². The molecule has 0 aromatic heterocycles. The number of ether oxygens (including phenoxy) is 2. The molecule has 5 N–H and O–H groups in total. The van der Waals surface area contributed by atoms with Crippen molar-refractivity contribution >= 4 is 33.6 Å². The molecule has 48 heavy (non-hydrogen) atoms. The summed E-state index contributed by atoms with van der Waals surface area (Å²) in [4.78, 5) is 38.7. The minimum Gasteiger partial charge on any atom is -0.455 e. The number of piperidine rings is 1. The maximum Gasteiger partial charge on any atom is 0.410 e. The third-order valence-corrected chi connectivity index (χ3v) is 9.08. The molecule has 3 aromatic rings. The van der Waals surface area contributed by atoms with Gasteiger partial charge < -0.3 is 30.7 Å². The summed E-state index contributed by atoms with van der Waals surface area (Å²) in [7, 11) is -4.00. The van der Waals surface area contributed by atoms with Gasteiger partial charge in [0.15, 0.2) is 5.75 Å². The molecule has 0 radical (unpaired) electrons. The van der Waals surface area contributed by atoms with Gasteiger partial charge in [-0.05, 0) is 101 Å². The minimum atomic E-state index is -4.00. The van der Waals surface area contributed by atoms with Crippen LogP contribution in [0.15, 0.2) is 83.8 Å². The van der Waals surface area contributed by atoms with Gasteiger partial charge in [-0.15, -0.1) is 0 Å². The summed E-state index contributed by atoms with van der Waals surface area (Å²) in [6.07, 6.45) is 1.77. The van der Waals surface area contributed by atoms with Crippen LogP contribution in [-0.4, -0.2) is 69.0 Å². The van der Waals surface area contributed by atoms with Crippen molar-refractivity contribution in [1.29, 1.82) is 0 Å². The number of carbonyl (C=O) groups is 3. The fourth-order valence-corrected chi connectivity index (χ4v) is 6.23. The van der Waals surface area contributed by atoms with Crippen LogP contribution in [0, 0.1) is 5.92 Å². The number of hydrogen-bond acceptors (Lipinski definition) is 8. The predicted molar refractivity (Wildman–Crippen MR) is 183 cm³/mol. The first kappa shape index (κ1) is 36.2. The second-order valence-corrected chi connectivity index (χ2v) is 14.5. The zero-order valence-electron chi connectivity index (χ0n) is 27.6. The smallest absolute Gasteiger partial charge is 0.410 e. The molecule has 0 aliphatic carbocycles. The lowest BCUT2D eigenvalue weighted by molar-refractivity contribution is -0.118. The highest BCUT2D eigenvalue weighted by atomic mass is 32.2. The van der Waals surface area contributed by atoms with Gasteiger partial charge in [-0.25, -0.2) is 13.2 Å². The lowest BCUT2D eigenvalue weighted by Crippen LogP contribution is -2.46. The van der Waals surface area contributed by atoms with Crippen LogP contribution < -0.4 is 25.8 Å². The number of amides is 3. The molecule has 1 aliphatic heterocycles. The Morgan fingerprint density at radius 2 is 1.58 bits per heavy atom. The van der Waals surface area contributed by atoms with E-state index in [4.69, 9.17) is 15.2 Å². The Kier molecular flexibility index (Phi) is 12.4. The third kappa shape index (κ3) is 11.3. The third-order valence-electron chi connectivity index (χ3n) is 7.69. The molecule has 258 valence electrons. The number of benzene rings is 3. The summed E-state index contributed by atoms with van der Waals surface area (Å²) >= 11 is 0. The Morgan fingerprint density at radius 3 is 2.23 bits per heavy atom. The van der Waals surface area contributed by atoms with E-state index >= 15 is 0 Å². The van der Waals surface area contributed by atoms with Crippen molar-refractivity contribution in [3.63, 3.8) is 0 Å². The number of nitrogens with two attached hydrogens (primary N) is 1. The summed E-state index contributed by atoms with van der Waals surface area (Å²) in [5.74, 6) is 0.364. The van der Waals surface area contributed by atoms with E-state index in [2.05, 4.69) is 15.4 Å². The van der Waals surface area contributed by atoms with E-state index in [1.165, 1.54) is 24.3 Å². The number of primary amides is 1. The molecule has 0 saturated carbocycles. The van der Waals surface area contributed by atoms with Crippen molar-refractivity contribution in [2.24, 2.45) is 11.7 Å². The van der Waals surface area contributed by atoms with Crippen molar-refractivity contribution in [2.75, 3.05) is 30.9 Å². The van der Waals surface area contributed by atoms with Crippen molar-refractivity contribution in [3.05, 3.63) is 84.4 Å². The quantitative estimate of drug-likeness (QED) is 0.187. The molecule has 1 saturated heterocycles. The number of hydrogen-bond donors (Lipinski definition) is 4. The van der Waals surface area contributed by atoms with E-state index in [1.54, 1.807) is 41.3 Å². The molecular formula is C35H45N5O7S. The summed E-state index contributed by atoms with van der Waals surface area (Å²) < 4.78 is 40.4. The molecule has 1 heterocycles. The molecule has 3 aromatic carbocycles. The fraction of sp³-hybridized carbons (Fsp3) is 0.400. The summed E-state index contributed by atoms with van der Waals surface area (Å²) in [6, 6.07) is 20.9. The van der Waals surface area contributed by atoms with E-state index in [-0.39, 0.29) is 28.7 Å². The number of anilines is 1. The van der Waals surface area contributed by atoms with Gasteiger partial charge in [-0.2, -0.15) is 0 Å². The van der Waals surface area contributed by atoms with Crippen LogP contribution in [-0.2, 0) is 19.6 Å². The van der Waals surface area contributed by atoms with E-state index in [1.807, 2.05) is 39.0 Å². The van der Waals surface area contributed by atoms with Gasteiger partial charge in [0.2, 0.25) is 5.91 Å². The maximum absolute atomic E-state index is 13.2. The first-order valence-corrected chi connectivity index (χ1v) is 17.5. The zero-order valence-corrected chi connectivity index (χ0v) is 28.4. The highest BCUT2D eigenvalue weighted by Gasteiger charge is 2.27. The Hall–Kier alpha value is -4.62. The molecule has 4 rings (SSSR count). The molecule has 13 heteroatoms. The molecule has 1 atom stereocenters. The summed E-state index contributed by atoms with van der Waals surface area (Å²) in [5, 5.41) is 6.33. The molecule has 0 bridgehead atoms. The van der Waals surface area contributed by atoms with Gasteiger partial charge in [-0.3, -0.25) is 14.3 Å². The average molecular weight is 680 g/mol. The Bertz CT molecular complexity index is 1640. The first-order chi connectivity index (χ1) is 22.8. The highest BCUT2D eigenvalue weighted by molar-refractivity contribution is 7.92. The molecular weight excluding hydrogens is 634 g/mol. The summed E-state index contributed by atoms with van der Waals surface area (Å²) in [6.45, 7) is 7.85. The lowest BCUT2D eigenvalue weighted by atomic mass is 9.97. The highest BCUT2D eigenvalue weighted by Crippen LogP contribution is 2.31. The van der Waals surface area contributed by atoms with Crippen molar-refractivity contribution < 1.29 is 32.3 Å². The average Bonchev–Trinajstić information content (AvgIpc) is 3.04. The molecule has 12 nitrogen and oxygen atoms in total. The van der Waals surface area contributed by atoms with E-state index in [9.17, 15) is 22.8 Å². The van der Waals surface area contributed by atoms with Crippen molar-refractivity contribution in [3.8, 4) is 11.5 Å². The predicted octanol–water partition coefficient (Wildman–Crippen LogP) is 4.88. The van der Waals surface area contributed by atoms with Crippen LogP contribution in [0.25, 0.3) is 0 Å². The van der Waals surface area contributed by atoms with Gasteiger partial charge in [-0.1, -0.05) is 30.3 Å². The monoisotopic (exact) mass is 679 g/mol. The normalized spacial score (nSPS) is 14.5. The molecule has 3 amide bonds. The van der Waals surface area contributed by atoms with Gasteiger partial charge in [0.1, 0.15) is 11.4 Å². The summed E-state index contributed by atoms with van der Waals surface area (Å²) in [5.41, 5.74) is 5.37. The van der Waals surface area contributed by atoms with Gasteiger partial charge >= 0.3 is 6.09 Å². The molecule has 1 aliphatic rings. The standard InChI is InChI=1S/C35H45N5O7S/c1-35(2,3)47-34(43)40-21-19-25(20-22-40)23-37-24-27(15-18-32(36)41)38-33(42)26-13-16-29(17-14-26)48(44,45)39-30-11-7-8-12-31(30)46-28-9-5-4-6-10-28/h4-14,16-17,25,27,37,39H,15,18-24H2,1-3H3,(H2,36,41)(H,38,42)/t27-/m0/s1. The van der Waals surface area contributed by atoms with Crippen LogP contribution in [0.3, 0.4) is 0 Å². The number of nitrogens with zero attached hydrogens (tertiary/aromatic N) is 1. The van der Waals surface area contributed by atoms with E-state index in [0.717, 1.165) is 12.8 Å². The van der Waals surface area contributed by atoms with Crippen molar-refractivity contribution in [2.45, 2.75) is 63.0 Å². The molecule has 0 spiro atoms. The number of carbonyl (C=O) groups excluding carboxylic acids is 3. The van der Waals surface area contributed by atoms with E-state index in [0.29, 0.717) is 50.0 Å². The SMILES string of the molecule is CC(C)(C)OC(=O)N1CCC(CNC[C@H](CCC(N)=O)NC(=O)c2ccc(S(=O)(=O)Nc3ccccc3Oc3ccccc3)cc2)CC1. The number of likely N-dealkylation sites (tertiary alicyclic amines) is 1. The van der Waals surface area contributed by atoms with Crippen LogP contribution in [0.4, 0.5) is 10.5 Å². The second-order valence-electron chi connectivity index (χ2n) is 12.8. The first-order valence-electron chi connectivity index (χ1n) is 16.0. The number of rotatable bonds is 14. The van der Waals surface area contributed by atoms with Crippen LogP contribution in [0.5, 0.6) is 11.5 Å². The zero-order chi connectivity index (χ0) is 34.7. The van der Waals surface area contributed by atoms with Crippen LogP contribution in [0.1, 0.15) is 56.8 Å². The topological polar surface area (TPSA) is 169 Å². The lowest BCUT2D eigenvalue weighted by Gasteiger charge is -2.33. The fourth-order valence-electron chi connectivity index (χ4n) is 5.16. The van der Waals surface area contributed by atoms with Gasteiger partial charge in [0.25, 0.3) is 15.9 Å². The van der Waals surface area contributed by atoms with Crippen molar-refractivity contribution in [1.82, 2.24) is 15.5 Å².